The van der Waals surface area contributed by atoms with Crippen molar-refractivity contribution in [2.24, 2.45) is 11.8 Å². The van der Waals surface area contributed by atoms with E-state index in [4.69, 9.17) is 0 Å². The maximum atomic E-state index is 13.9. The van der Waals surface area contributed by atoms with E-state index in [2.05, 4.69) is 5.32 Å². The van der Waals surface area contributed by atoms with Crippen molar-refractivity contribution in [3.63, 3.8) is 0 Å². The lowest BCUT2D eigenvalue weighted by molar-refractivity contribution is -0.148. The average molecular weight is 501 g/mol. The minimum absolute atomic E-state index is 0.00442. The number of benzene rings is 3. The van der Waals surface area contributed by atoms with Crippen molar-refractivity contribution < 1.29 is 34.5 Å². The van der Waals surface area contributed by atoms with Gasteiger partial charge in [-0.05, 0) is 55.0 Å². The molecule has 2 aliphatic rings. The first-order valence-corrected chi connectivity index (χ1v) is 11.7. The summed E-state index contributed by atoms with van der Waals surface area (Å²) in [5.74, 6) is -5.30. The molecule has 3 aromatic rings. The van der Waals surface area contributed by atoms with Crippen molar-refractivity contribution in [2.45, 2.75) is 24.9 Å². The van der Waals surface area contributed by atoms with Gasteiger partial charge < -0.3 is 15.3 Å². The molecule has 9 nitrogen and oxygen atoms in total. The van der Waals surface area contributed by atoms with E-state index < -0.39 is 41.2 Å². The highest BCUT2D eigenvalue weighted by molar-refractivity contribution is 6.24. The number of aliphatic carboxylic acids is 1. The number of carbonyl (C=O) groups excluding carboxylic acids is 3. The smallest absolute Gasteiger partial charge is 0.325 e. The van der Waals surface area contributed by atoms with Gasteiger partial charge >= 0.3 is 5.97 Å². The van der Waals surface area contributed by atoms with Crippen LogP contribution in [0.2, 0.25) is 0 Å². The van der Waals surface area contributed by atoms with Gasteiger partial charge in [0.25, 0.3) is 0 Å². The van der Waals surface area contributed by atoms with E-state index in [9.17, 15) is 34.5 Å². The molecule has 2 amide bonds. The zero-order chi connectivity index (χ0) is 26.5. The number of phenols is 2. The van der Waals surface area contributed by atoms with E-state index in [0.29, 0.717) is 16.7 Å². The standard InChI is InChI=1S/C28H24N2O7/c1-15(31)17-8-10-18(11-9-17)30-25(34)22-23(26(30)35)28(27(36)37,14-16-6-12-19(32)13-7-16)29-24(22)20-4-2-3-5-21(20)33/h2-13,22-24,29,32-33H,14H2,1H3,(H,36,37). The van der Waals surface area contributed by atoms with E-state index >= 15 is 0 Å². The largest absolute Gasteiger partial charge is 0.508 e. The molecule has 0 bridgehead atoms. The highest BCUT2D eigenvalue weighted by Gasteiger charge is 2.68. The summed E-state index contributed by atoms with van der Waals surface area (Å²) in [5.41, 5.74) is -0.399. The maximum Gasteiger partial charge on any atom is 0.325 e. The topological polar surface area (TPSA) is 144 Å². The number of anilines is 1. The number of amides is 2. The number of phenolic OH excluding ortho intramolecular Hbond substituents is 2. The van der Waals surface area contributed by atoms with Gasteiger partial charge in [0.15, 0.2) is 5.78 Å². The Balaban J connectivity index is 1.64. The van der Waals surface area contributed by atoms with Gasteiger partial charge in [0.1, 0.15) is 17.0 Å². The summed E-state index contributed by atoms with van der Waals surface area (Å²) in [6.07, 6.45) is -0.149. The lowest BCUT2D eigenvalue weighted by atomic mass is 9.76. The van der Waals surface area contributed by atoms with Gasteiger partial charge in [-0.1, -0.05) is 30.3 Å². The Morgan fingerprint density at radius 2 is 1.57 bits per heavy atom. The molecule has 0 spiro atoms. The molecule has 3 aromatic carbocycles. The van der Waals surface area contributed by atoms with Gasteiger partial charge in [-0.2, -0.15) is 0 Å². The molecular weight excluding hydrogens is 476 g/mol. The zero-order valence-corrected chi connectivity index (χ0v) is 19.8. The van der Waals surface area contributed by atoms with Gasteiger partial charge in [-0.25, -0.2) is 4.90 Å². The second-order valence-corrected chi connectivity index (χ2v) is 9.42. The Labute approximate surface area is 212 Å². The predicted octanol–water partition coefficient (Wildman–Crippen LogP) is 2.82. The van der Waals surface area contributed by atoms with Crippen LogP contribution in [0.5, 0.6) is 11.5 Å². The summed E-state index contributed by atoms with van der Waals surface area (Å²) < 4.78 is 0. The number of hydrogen-bond acceptors (Lipinski definition) is 7. The number of Topliss-reactive ketones (excluding diaryl/α,β-unsaturated/α-hetero) is 1. The summed E-state index contributed by atoms with van der Waals surface area (Å²) in [4.78, 5) is 53.3. The normalized spacial score (nSPS) is 24.8. The quantitative estimate of drug-likeness (QED) is 0.299. The fourth-order valence-corrected chi connectivity index (χ4v) is 5.49. The van der Waals surface area contributed by atoms with Crippen molar-refractivity contribution in [1.29, 1.82) is 0 Å². The Hall–Kier alpha value is -4.50. The summed E-state index contributed by atoms with van der Waals surface area (Å²) in [5, 5.41) is 33.8. The minimum Gasteiger partial charge on any atom is -0.508 e. The summed E-state index contributed by atoms with van der Waals surface area (Å²) in [6.45, 7) is 1.40. The third-order valence-corrected chi connectivity index (χ3v) is 7.26. The molecule has 2 aliphatic heterocycles. The fraction of sp³-hybridized carbons (Fsp3) is 0.214. The molecule has 4 N–H and O–H groups in total. The van der Waals surface area contributed by atoms with Crippen molar-refractivity contribution in [3.05, 3.63) is 89.5 Å². The van der Waals surface area contributed by atoms with Gasteiger partial charge in [0.05, 0.1) is 17.5 Å². The first kappa shape index (κ1) is 24.2. The molecule has 2 saturated heterocycles. The number of rotatable bonds is 6. The Kier molecular flexibility index (Phi) is 5.80. The van der Waals surface area contributed by atoms with Gasteiger partial charge in [0.2, 0.25) is 11.8 Å². The van der Waals surface area contributed by atoms with Gasteiger partial charge in [-0.15, -0.1) is 0 Å². The van der Waals surface area contributed by atoms with Crippen LogP contribution in [0.15, 0.2) is 72.8 Å². The monoisotopic (exact) mass is 500 g/mol. The molecule has 4 unspecified atom stereocenters. The number of nitrogens with zero attached hydrogens (tertiary/aromatic N) is 1. The molecule has 2 fully saturated rings. The Morgan fingerprint density at radius 3 is 2.16 bits per heavy atom. The second kappa shape index (κ2) is 8.86. The number of ketones is 1. The van der Waals surface area contributed by atoms with E-state index in [-0.39, 0.29) is 29.4 Å². The third-order valence-electron chi connectivity index (χ3n) is 7.26. The average Bonchev–Trinajstić information content (AvgIpc) is 3.35. The van der Waals surface area contributed by atoms with Crippen molar-refractivity contribution in [3.8, 4) is 11.5 Å². The molecule has 4 atom stereocenters. The molecule has 0 aromatic heterocycles. The van der Waals surface area contributed by atoms with Crippen LogP contribution in [0.25, 0.3) is 0 Å². The van der Waals surface area contributed by atoms with Crippen LogP contribution in [0, 0.1) is 11.8 Å². The first-order chi connectivity index (χ1) is 17.6. The number of carbonyl (C=O) groups is 4. The molecule has 188 valence electrons. The summed E-state index contributed by atoms with van der Waals surface area (Å²) in [6, 6.07) is 17.3. The number of carboxylic acid groups (broad SMARTS) is 1. The molecular formula is C28H24N2O7. The van der Waals surface area contributed by atoms with Crippen LogP contribution in [0.4, 0.5) is 5.69 Å². The number of imide groups is 1. The minimum atomic E-state index is -1.88. The predicted molar refractivity (Wildman–Crippen MR) is 132 cm³/mol. The van der Waals surface area contributed by atoms with Crippen LogP contribution in [-0.4, -0.2) is 44.4 Å². The third kappa shape index (κ3) is 3.84. The number of hydrogen-bond donors (Lipinski definition) is 4. The first-order valence-electron chi connectivity index (χ1n) is 11.7. The Morgan fingerprint density at radius 1 is 0.919 bits per heavy atom. The molecule has 0 aliphatic carbocycles. The van der Waals surface area contributed by atoms with Crippen molar-refractivity contribution in [2.75, 3.05) is 4.90 Å². The summed E-state index contributed by atoms with van der Waals surface area (Å²) >= 11 is 0. The van der Waals surface area contributed by atoms with Crippen molar-refractivity contribution >= 4 is 29.3 Å². The fourth-order valence-electron chi connectivity index (χ4n) is 5.49. The molecule has 5 rings (SSSR count). The van der Waals surface area contributed by atoms with Crippen LogP contribution in [0.1, 0.15) is 34.5 Å². The highest BCUT2D eigenvalue weighted by Crippen LogP contribution is 2.52. The number of fused-ring (bicyclic) bond motifs is 1. The van der Waals surface area contributed by atoms with Crippen LogP contribution < -0.4 is 10.2 Å². The van der Waals surface area contributed by atoms with Crippen LogP contribution >= 0.6 is 0 Å². The molecule has 9 heteroatoms. The number of para-hydroxylation sites is 1. The van der Waals surface area contributed by atoms with Crippen LogP contribution in [-0.2, 0) is 20.8 Å². The maximum absolute atomic E-state index is 13.9. The lowest BCUT2D eigenvalue weighted by Gasteiger charge is -2.31. The SMILES string of the molecule is CC(=O)c1ccc(N2C(=O)C3C(c4ccccc4O)NC(Cc4ccc(O)cc4)(C(=O)O)C3C2=O)cc1. The second-order valence-electron chi connectivity index (χ2n) is 9.42. The Bertz CT molecular complexity index is 1420. The number of aromatic hydroxyl groups is 2. The van der Waals surface area contributed by atoms with Gasteiger partial charge in [-0.3, -0.25) is 24.5 Å². The molecule has 0 radical (unpaired) electrons. The van der Waals surface area contributed by atoms with Crippen LogP contribution in [0.3, 0.4) is 0 Å². The zero-order valence-electron chi connectivity index (χ0n) is 19.8. The molecule has 0 saturated carbocycles. The van der Waals surface area contributed by atoms with E-state index in [1.54, 1.807) is 30.3 Å². The summed E-state index contributed by atoms with van der Waals surface area (Å²) in [7, 11) is 0. The van der Waals surface area contributed by atoms with Gasteiger partial charge in [0, 0.05) is 23.6 Å². The van der Waals surface area contributed by atoms with E-state index in [1.165, 1.54) is 49.4 Å². The van der Waals surface area contributed by atoms with Crippen molar-refractivity contribution in [1.82, 2.24) is 5.32 Å². The highest BCUT2D eigenvalue weighted by atomic mass is 16.4. The molecule has 37 heavy (non-hydrogen) atoms. The van der Waals surface area contributed by atoms with E-state index in [0.717, 1.165) is 4.90 Å². The van der Waals surface area contributed by atoms with E-state index in [1.807, 2.05) is 0 Å². The molecule has 2 heterocycles. The lowest BCUT2D eigenvalue weighted by Crippen LogP contribution is -2.57. The number of nitrogens with one attached hydrogen (secondary N) is 1. The number of carboxylic acids is 1.